The van der Waals surface area contributed by atoms with Crippen molar-refractivity contribution in [3.05, 3.63) is 113 Å². The van der Waals surface area contributed by atoms with Crippen LogP contribution >= 0.6 is 11.6 Å². The lowest BCUT2D eigenvalue weighted by Gasteiger charge is -2.19. The van der Waals surface area contributed by atoms with Crippen molar-refractivity contribution < 1.29 is 5.11 Å². The van der Waals surface area contributed by atoms with Crippen LogP contribution in [0.4, 0.5) is 5.69 Å². The Hall–Kier alpha value is -3.53. The fourth-order valence-corrected chi connectivity index (χ4v) is 5.06. The van der Waals surface area contributed by atoms with Gasteiger partial charge in [0.2, 0.25) is 0 Å². The molecule has 4 heteroatoms. The van der Waals surface area contributed by atoms with Crippen LogP contribution in [0.3, 0.4) is 0 Å². The molecular formula is C31H29ClN2O. The number of anilines is 1. The minimum absolute atomic E-state index is 0.432. The molecule has 4 aromatic carbocycles. The molecule has 35 heavy (non-hydrogen) atoms. The Labute approximate surface area is 211 Å². The summed E-state index contributed by atoms with van der Waals surface area (Å²) in [6.45, 7) is 5.21. The Morgan fingerprint density at radius 2 is 1.46 bits per heavy atom. The molecular weight excluding hydrogens is 452 g/mol. The summed E-state index contributed by atoms with van der Waals surface area (Å²) in [6.07, 6.45) is -0.590. The van der Waals surface area contributed by atoms with Crippen LogP contribution in [0.15, 0.2) is 97.1 Å². The summed E-state index contributed by atoms with van der Waals surface area (Å²) in [5, 5.41) is 16.4. The SMILES string of the molecule is Cc1cc(C)c2c(c1)c(-c1ccccc1)c(-c1ccccc1)n2CC(O)CNc1ccc(Cl)cc1. The molecule has 1 aromatic heterocycles. The molecule has 0 saturated heterocycles. The normalized spacial score (nSPS) is 12.1. The number of nitrogens with one attached hydrogen (secondary N) is 1. The van der Waals surface area contributed by atoms with Crippen LogP contribution in [0.1, 0.15) is 11.1 Å². The van der Waals surface area contributed by atoms with Crippen LogP contribution in [0.2, 0.25) is 5.02 Å². The standard InChI is InChI=1S/C31H29ClN2O/c1-21-17-22(2)30-28(18-21)29(23-9-5-3-6-10-23)31(24-11-7-4-8-12-24)34(30)20-27(35)19-33-26-15-13-25(32)14-16-26/h3-18,27,33,35H,19-20H2,1-2H3. The average Bonchev–Trinajstić information content (AvgIpc) is 3.18. The van der Waals surface area contributed by atoms with Gasteiger partial charge in [-0.1, -0.05) is 83.9 Å². The first kappa shape index (κ1) is 23.2. The zero-order valence-corrected chi connectivity index (χ0v) is 20.8. The molecule has 1 heterocycles. The van der Waals surface area contributed by atoms with E-state index in [1.165, 1.54) is 33.2 Å². The maximum Gasteiger partial charge on any atom is 0.0891 e. The molecule has 5 rings (SSSR count). The fourth-order valence-electron chi connectivity index (χ4n) is 4.94. The predicted molar refractivity (Wildman–Crippen MR) is 148 cm³/mol. The summed E-state index contributed by atoms with van der Waals surface area (Å²) in [5.74, 6) is 0. The molecule has 0 aliphatic carbocycles. The molecule has 0 aliphatic rings. The summed E-state index contributed by atoms with van der Waals surface area (Å²) in [5.41, 5.74) is 9.18. The molecule has 2 N–H and O–H groups in total. The van der Waals surface area contributed by atoms with Gasteiger partial charge in [0.25, 0.3) is 0 Å². The number of nitrogens with zero attached hydrogens (tertiary/aromatic N) is 1. The highest BCUT2D eigenvalue weighted by atomic mass is 35.5. The number of aliphatic hydroxyl groups excluding tert-OH is 1. The van der Waals surface area contributed by atoms with Gasteiger partial charge in [-0.15, -0.1) is 0 Å². The number of benzene rings is 4. The molecule has 0 bridgehead atoms. The Balaban J connectivity index is 1.64. The van der Waals surface area contributed by atoms with E-state index in [1.807, 2.05) is 36.4 Å². The second-order valence-corrected chi connectivity index (χ2v) is 9.52. The summed E-state index contributed by atoms with van der Waals surface area (Å²) in [4.78, 5) is 0. The second kappa shape index (κ2) is 9.99. The minimum atomic E-state index is -0.590. The van der Waals surface area contributed by atoms with Gasteiger partial charge in [0.1, 0.15) is 0 Å². The van der Waals surface area contributed by atoms with Crippen molar-refractivity contribution in [2.45, 2.75) is 26.5 Å². The first-order chi connectivity index (χ1) is 17.0. The monoisotopic (exact) mass is 480 g/mol. The van der Waals surface area contributed by atoms with E-state index in [0.29, 0.717) is 18.1 Å². The Morgan fingerprint density at radius 3 is 2.11 bits per heavy atom. The Bertz CT molecular complexity index is 1440. The van der Waals surface area contributed by atoms with E-state index in [4.69, 9.17) is 11.6 Å². The predicted octanol–water partition coefficient (Wildman–Crippen LogP) is 7.72. The number of fused-ring (bicyclic) bond motifs is 1. The third-order valence-corrected chi connectivity index (χ3v) is 6.63. The fraction of sp³-hybridized carbons (Fsp3) is 0.161. The van der Waals surface area contributed by atoms with Crippen LogP contribution in [-0.4, -0.2) is 22.3 Å². The van der Waals surface area contributed by atoms with E-state index in [9.17, 15) is 5.11 Å². The van der Waals surface area contributed by atoms with Gasteiger partial charge < -0.3 is 15.0 Å². The van der Waals surface area contributed by atoms with Gasteiger partial charge in [-0.3, -0.25) is 0 Å². The quantitative estimate of drug-likeness (QED) is 0.250. The third-order valence-electron chi connectivity index (χ3n) is 6.38. The molecule has 176 valence electrons. The molecule has 0 spiro atoms. The number of aromatic nitrogens is 1. The van der Waals surface area contributed by atoms with Crippen LogP contribution in [0.25, 0.3) is 33.3 Å². The first-order valence-corrected chi connectivity index (χ1v) is 12.3. The number of hydrogen-bond donors (Lipinski definition) is 2. The lowest BCUT2D eigenvalue weighted by molar-refractivity contribution is 0.169. The van der Waals surface area contributed by atoms with Crippen molar-refractivity contribution >= 4 is 28.2 Å². The van der Waals surface area contributed by atoms with Gasteiger partial charge in [0, 0.05) is 28.2 Å². The minimum Gasteiger partial charge on any atom is -0.389 e. The number of aryl methyl sites for hydroxylation is 2. The van der Waals surface area contributed by atoms with Crippen molar-refractivity contribution in [3.63, 3.8) is 0 Å². The van der Waals surface area contributed by atoms with Crippen molar-refractivity contribution in [3.8, 4) is 22.4 Å². The lowest BCUT2D eigenvalue weighted by Crippen LogP contribution is -2.25. The zero-order valence-electron chi connectivity index (χ0n) is 20.0. The molecule has 1 atom stereocenters. The van der Waals surface area contributed by atoms with Crippen LogP contribution in [0.5, 0.6) is 0 Å². The summed E-state index contributed by atoms with van der Waals surface area (Å²) in [6, 6.07) is 33.1. The topological polar surface area (TPSA) is 37.2 Å². The number of aliphatic hydroxyl groups is 1. The lowest BCUT2D eigenvalue weighted by atomic mass is 9.97. The maximum absolute atomic E-state index is 11.2. The van der Waals surface area contributed by atoms with Gasteiger partial charge in [0.05, 0.1) is 23.9 Å². The molecule has 0 radical (unpaired) electrons. The largest absolute Gasteiger partial charge is 0.389 e. The zero-order chi connectivity index (χ0) is 24.4. The van der Waals surface area contributed by atoms with Crippen molar-refractivity contribution in [1.29, 1.82) is 0 Å². The third kappa shape index (κ3) is 4.84. The Kier molecular flexibility index (Phi) is 6.63. The van der Waals surface area contributed by atoms with Crippen LogP contribution in [-0.2, 0) is 6.54 Å². The summed E-state index contributed by atoms with van der Waals surface area (Å²) < 4.78 is 2.30. The average molecular weight is 481 g/mol. The molecule has 0 fully saturated rings. The molecule has 0 saturated carbocycles. The number of halogens is 1. The van der Waals surface area contributed by atoms with Gasteiger partial charge >= 0.3 is 0 Å². The molecule has 3 nitrogen and oxygen atoms in total. The molecule has 5 aromatic rings. The van der Waals surface area contributed by atoms with Gasteiger partial charge in [-0.2, -0.15) is 0 Å². The second-order valence-electron chi connectivity index (χ2n) is 9.09. The highest BCUT2D eigenvalue weighted by Crippen LogP contribution is 2.42. The molecule has 1 unspecified atom stereocenters. The van der Waals surface area contributed by atoms with Gasteiger partial charge in [0.15, 0.2) is 0 Å². The smallest absolute Gasteiger partial charge is 0.0891 e. The highest BCUT2D eigenvalue weighted by molar-refractivity contribution is 6.30. The summed E-state index contributed by atoms with van der Waals surface area (Å²) in [7, 11) is 0. The molecule has 0 amide bonds. The van der Waals surface area contributed by atoms with Gasteiger partial charge in [-0.05, 0) is 60.9 Å². The highest BCUT2D eigenvalue weighted by Gasteiger charge is 2.23. The van der Waals surface area contributed by atoms with E-state index in [0.717, 1.165) is 16.9 Å². The van der Waals surface area contributed by atoms with E-state index >= 15 is 0 Å². The Morgan fingerprint density at radius 1 is 0.829 bits per heavy atom. The first-order valence-electron chi connectivity index (χ1n) is 11.9. The summed E-state index contributed by atoms with van der Waals surface area (Å²) >= 11 is 6.01. The number of hydrogen-bond acceptors (Lipinski definition) is 2. The maximum atomic E-state index is 11.2. The van der Waals surface area contributed by atoms with Crippen molar-refractivity contribution in [2.75, 3.05) is 11.9 Å². The van der Waals surface area contributed by atoms with E-state index in [-0.39, 0.29) is 0 Å². The van der Waals surface area contributed by atoms with E-state index < -0.39 is 6.10 Å². The van der Waals surface area contributed by atoms with Crippen LogP contribution < -0.4 is 5.32 Å². The van der Waals surface area contributed by atoms with Crippen LogP contribution in [0, 0.1) is 13.8 Å². The van der Waals surface area contributed by atoms with E-state index in [1.54, 1.807) is 0 Å². The van der Waals surface area contributed by atoms with E-state index in [2.05, 4.69) is 84.4 Å². The van der Waals surface area contributed by atoms with Crippen molar-refractivity contribution in [2.24, 2.45) is 0 Å². The van der Waals surface area contributed by atoms with Crippen molar-refractivity contribution in [1.82, 2.24) is 4.57 Å². The molecule has 0 aliphatic heterocycles. The van der Waals surface area contributed by atoms with Gasteiger partial charge in [-0.25, -0.2) is 0 Å². The number of rotatable bonds is 7.